The van der Waals surface area contributed by atoms with E-state index >= 15 is 0 Å². The van der Waals surface area contributed by atoms with Gasteiger partial charge in [-0.25, -0.2) is 0 Å². The Morgan fingerprint density at radius 1 is 1.08 bits per heavy atom. The Balaban J connectivity index is 1.48. The van der Waals surface area contributed by atoms with Crippen LogP contribution in [0.4, 0.5) is 13.2 Å². The van der Waals surface area contributed by atoms with Gasteiger partial charge in [-0.2, -0.15) is 13.2 Å². The highest BCUT2D eigenvalue weighted by Gasteiger charge is 2.30. The molecule has 0 saturated carbocycles. The molecule has 0 unspecified atom stereocenters. The fraction of sp³-hybridized carbons (Fsp3) is 0.278. The molecule has 0 bridgehead atoms. The van der Waals surface area contributed by atoms with Gasteiger partial charge in [0.1, 0.15) is 6.61 Å². The van der Waals surface area contributed by atoms with E-state index in [4.69, 9.17) is 9.47 Å². The van der Waals surface area contributed by atoms with Crippen molar-refractivity contribution in [2.75, 3.05) is 13.2 Å². The number of hydrogen-bond acceptors (Lipinski definition) is 3. The van der Waals surface area contributed by atoms with Gasteiger partial charge in [0, 0.05) is 6.54 Å². The predicted molar refractivity (Wildman–Crippen MR) is 84.5 cm³/mol. The summed E-state index contributed by atoms with van der Waals surface area (Å²) in [6.45, 7) is 0.412. The molecule has 4 nitrogen and oxygen atoms in total. The van der Waals surface area contributed by atoms with E-state index in [2.05, 4.69) is 5.32 Å². The zero-order chi connectivity index (χ0) is 17.9. The molecule has 1 N–H and O–H groups in total. The second-order valence-electron chi connectivity index (χ2n) is 5.60. The van der Waals surface area contributed by atoms with Crippen molar-refractivity contribution >= 4 is 5.91 Å². The largest absolute Gasteiger partial charge is 0.485 e. The molecule has 1 aliphatic rings. The van der Waals surface area contributed by atoms with Crippen molar-refractivity contribution in [1.82, 2.24) is 5.32 Å². The topological polar surface area (TPSA) is 47.6 Å². The van der Waals surface area contributed by atoms with Gasteiger partial charge in [-0.05, 0) is 36.2 Å². The zero-order valence-corrected chi connectivity index (χ0v) is 13.2. The molecule has 3 rings (SSSR count). The molecule has 0 aliphatic carbocycles. The minimum Gasteiger partial charge on any atom is -0.485 e. The van der Waals surface area contributed by atoms with Gasteiger partial charge in [0.25, 0.3) is 5.91 Å². The minimum atomic E-state index is -4.35. The molecular weight excluding hydrogens is 335 g/mol. The van der Waals surface area contributed by atoms with Crippen molar-refractivity contribution in [2.45, 2.75) is 18.7 Å². The summed E-state index contributed by atoms with van der Waals surface area (Å²) in [4.78, 5) is 12.1. The fourth-order valence-corrected chi connectivity index (χ4v) is 2.45. The molecule has 0 fully saturated rings. The van der Waals surface area contributed by atoms with Gasteiger partial charge in [0.15, 0.2) is 11.5 Å². The first-order valence-electron chi connectivity index (χ1n) is 7.76. The molecule has 1 amide bonds. The number of alkyl halides is 3. The average molecular weight is 351 g/mol. The van der Waals surface area contributed by atoms with Crippen molar-refractivity contribution < 1.29 is 27.4 Å². The maximum Gasteiger partial charge on any atom is 0.416 e. The van der Waals surface area contributed by atoms with Crippen LogP contribution in [0.3, 0.4) is 0 Å². The van der Waals surface area contributed by atoms with Crippen LogP contribution >= 0.6 is 0 Å². The van der Waals surface area contributed by atoms with E-state index in [0.29, 0.717) is 30.0 Å². The van der Waals surface area contributed by atoms with Crippen molar-refractivity contribution in [3.63, 3.8) is 0 Å². The van der Waals surface area contributed by atoms with E-state index in [1.54, 1.807) is 18.2 Å². The van der Waals surface area contributed by atoms with Gasteiger partial charge in [-0.3, -0.25) is 4.79 Å². The third-order valence-corrected chi connectivity index (χ3v) is 3.80. The molecule has 2 aromatic rings. The van der Waals surface area contributed by atoms with E-state index in [9.17, 15) is 18.0 Å². The van der Waals surface area contributed by atoms with Crippen LogP contribution in [0.15, 0.2) is 48.5 Å². The molecule has 0 aromatic heterocycles. The second kappa shape index (κ2) is 7.04. The molecule has 0 radical (unpaired) electrons. The van der Waals surface area contributed by atoms with Gasteiger partial charge >= 0.3 is 6.18 Å². The third-order valence-electron chi connectivity index (χ3n) is 3.80. The number of nitrogens with one attached hydrogen (secondary N) is 1. The lowest BCUT2D eigenvalue weighted by molar-refractivity contribution is -0.137. The summed E-state index contributed by atoms with van der Waals surface area (Å²) in [5.74, 6) is 0.786. The molecule has 2 aromatic carbocycles. The maximum atomic E-state index is 12.5. The summed E-state index contributed by atoms with van der Waals surface area (Å²) in [5, 5.41) is 2.71. The Bertz CT molecular complexity index is 744. The second-order valence-corrected chi connectivity index (χ2v) is 5.60. The molecule has 7 heteroatoms. The molecule has 25 heavy (non-hydrogen) atoms. The average Bonchev–Trinajstić information content (AvgIpc) is 2.61. The number of carbonyl (C=O) groups is 1. The van der Waals surface area contributed by atoms with Crippen LogP contribution in [0, 0.1) is 0 Å². The summed E-state index contributed by atoms with van der Waals surface area (Å²) in [5.41, 5.74) is 0.0196. The number of rotatable bonds is 4. The minimum absolute atomic E-state index is 0.114. The Labute approximate surface area is 142 Å². The van der Waals surface area contributed by atoms with Gasteiger partial charge < -0.3 is 14.8 Å². The lowest BCUT2D eigenvalue weighted by atomic mass is 10.1. The Morgan fingerprint density at radius 3 is 2.44 bits per heavy atom. The van der Waals surface area contributed by atoms with Gasteiger partial charge in [0.2, 0.25) is 6.10 Å². The number of ether oxygens (including phenoxy) is 2. The van der Waals surface area contributed by atoms with Crippen LogP contribution in [0.1, 0.15) is 11.1 Å². The molecule has 0 saturated heterocycles. The summed E-state index contributed by atoms with van der Waals surface area (Å²) >= 11 is 0. The van der Waals surface area contributed by atoms with E-state index in [1.165, 1.54) is 12.1 Å². The van der Waals surface area contributed by atoms with Gasteiger partial charge in [-0.15, -0.1) is 0 Å². The van der Waals surface area contributed by atoms with Crippen molar-refractivity contribution in [3.8, 4) is 11.5 Å². The van der Waals surface area contributed by atoms with Gasteiger partial charge in [0.05, 0.1) is 5.56 Å². The molecule has 1 aliphatic heterocycles. The third kappa shape index (κ3) is 4.23. The summed E-state index contributed by atoms with van der Waals surface area (Å²) in [7, 11) is 0. The van der Waals surface area contributed by atoms with Crippen LogP contribution in [-0.2, 0) is 17.4 Å². The summed E-state index contributed by atoms with van der Waals surface area (Å²) in [6, 6.07) is 12.0. The molecular formula is C18H16F3NO3. The first kappa shape index (κ1) is 17.1. The SMILES string of the molecule is O=C(NCCc1ccc(C(F)(F)F)cc1)[C@H]1COc2ccccc2O1. The molecule has 132 valence electrons. The normalized spacial score (nSPS) is 16.4. The lowest BCUT2D eigenvalue weighted by Gasteiger charge is -2.25. The van der Waals surface area contributed by atoms with Crippen LogP contribution in [0.25, 0.3) is 0 Å². The van der Waals surface area contributed by atoms with Gasteiger partial charge in [-0.1, -0.05) is 24.3 Å². The first-order valence-corrected chi connectivity index (χ1v) is 7.76. The van der Waals surface area contributed by atoms with Crippen LogP contribution in [0.5, 0.6) is 11.5 Å². The number of fused-ring (bicyclic) bond motifs is 1. The Hall–Kier alpha value is -2.70. The number of hydrogen-bond donors (Lipinski definition) is 1. The van der Waals surface area contributed by atoms with Crippen LogP contribution in [-0.4, -0.2) is 25.2 Å². The standard InChI is InChI=1S/C18H16F3NO3/c19-18(20,21)13-7-5-12(6-8-13)9-10-22-17(23)16-11-24-14-3-1-2-4-15(14)25-16/h1-8,16H,9-11H2,(H,22,23)/t16-/m1/s1. The quantitative estimate of drug-likeness (QED) is 0.920. The van der Waals surface area contributed by atoms with E-state index in [0.717, 1.165) is 12.1 Å². The van der Waals surface area contributed by atoms with Crippen molar-refractivity contribution in [3.05, 3.63) is 59.7 Å². The predicted octanol–water partition coefficient (Wildman–Crippen LogP) is 3.20. The number of carbonyl (C=O) groups excluding carboxylic acids is 1. The Morgan fingerprint density at radius 2 is 1.76 bits per heavy atom. The highest BCUT2D eigenvalue weighted by atomic mass is 19.4. The number of para-hydroxylation sites is 2. The number of benzene rings is 2. The number of halogens is 3. The smallest absolute Gasteiger partial charge is 0.416 e. The molecule has 0 spiro atoms. The molecule has 1 heterocycles. The van der Waals surface area contributed by atoms with E-state index < -0.39 is 17.8 Å². The highest BCUT2D eigenvalue weighted by Crippen LogP contribution is 2.31. The summed E-state index contributed by atoms with van der Waals surface area (Å²) < 4.78 is 48.6. The zero-order valence-electron chi connectivity index (χ0n) is 13.2. The van der Waals surface area contributed by atoms with Crippen LogP contribution < -0.4 is 14.8 Å². The monoisotopic (exact) mass is 351 g/mol. The molecule has 1 atom stereocenters. The van der Waals surface area contributed by atoms with E-state index in [1.807, 2.05) is 6.07 Å². The van der Waals surface area contributed by atoms with E-state index in [-0.39, 0.29) is 12.5 Å². The number of amides is 1. The fourth-order valence-electron chi connectivity index (χ4n) is 2.45. The first-order chi connectivity index (χ1) is 11.9. The maximum absolute atomic E-state index is 12.5. The van der Waals surface area contributed by atoms with Crippen molar-refractivity contribution in [2.24, 2.45) is 0 Å². The highest BCUT2D eigenvalue weighted by molar-refractivity contribution is 5.81. The Kier molecular flexibility index (Phi) is 4.83. The van der Waals surface area contributed by atoms with Crippen LogP contribution in [0.2, 0.25) is 0 Å². The lowest BCUT2D eigenvalue weighted by Crippen LogP contribution is -2.44. The van der Waals surface area contributed by atoms with Crippen molar-refractivity contribution in [1.29, 1.82) is 0 Å². The summed E-state index contributed by atoms with van der Waals surface area (Å²) in [6.07, 6.45) is -4.67.